The van der Waals surface area contributed by atoms with Crippen molar-refractivity contribution < 1.29 is 4.74 Å². The second-order valence-corrected chi connectivity index (χ2v) is 8.70. The third-order valence-electron chi connectivity index (χ3n) is 5.84. The minimum atomic E-state index is 0.489. The Kier molecular flexibility index (Phi) is 3.69. The first-order valence-electron chi connectivity index (χ1n) is 8.06. The molecule has 0 amide bonds. The predicted octanol–water partition coefficient (Wildman–Crippen LogP) is 5.48. The number of nitrogens with zero attached hydrogens (tertiary/aromatic N) is 1. The van der Waals surface area contributed by atoms with Gasteiger partial charge < -0.3 is 4.74 Å². The average Bonchev–Trinajstić information content (AvgIpc) is 2.41. The number of rotatable bonds is 4. The molecule has 4 heteroatoms. The van der Waals surface area contributed by atoms with Crippen LogP contribution in [0.5, 0.6) is 5.75 Å². The van der Waals surface area contributed by atoms with E-state index in [1.807, 2.05) is 0 Å². The Labute approximate surface area is 139 Å². The minimum Gasteiger partial charge on any atom is -0.492 e. The second-order valence-electron chi connectivity index (χ2n) is 7.45. The third-order valence-corrected chi connectivity index (χ3v) is 6.64. The van der Waals surface area contributed by atoms with Crippen LogP contribution in [0.15, 0.2) is 16.7 Å². The van der Waals surface area contributed by atoms with Crippen molar-refractivity contribution in [3.8, 4) is 5.75 Å². The van der Waals surface area contributed by atoms with Crippen molar-refractivity contribution in [1.29, 1.82) is 0 Å². The third kappa shape index (κ3) is 2.84. The lowest BCUT2D eigenvalue weighted by Gasteiger charge is -2.57. The van der Waals surface area contributed by atoms with Crippen LogP contribution in [0.25, 0.3) is 0 Å². The Hall–Kier alpha value is -0.280. The van der Waals surface area contributed by atoms with E-state index < -0.39 is 0 Å². The van der Waals surface area contributed by atoms with Crippen LogP contribution in [0.1, 0.15) is 44.9 Å². The quantitative estimate of drug-likeness (QED) is 0.654. The van der Waals surface area contributed by atoms with Gasteiger partial charge >= 0.3 is 0 Å². The van der Waals surface area contributed by atoms with E-state index in [0.717, 1.165) is 34.6 Å². The summed E-state index contributed by atoms with van der Waals surface area (Å²) in [7, 11) is 0. The van der Waals surface area contributed by atoms with Crippen molar-refractivity contribution in [3.05, 3.63) is 21.9 Å². The van der Waals surface area contributed by atoms with Crippen molar-refractivity contribution >= 4 is 27.5 Å². The lowest BCUT2D eigenvalue weighted by molar-refractivity contribution is -0.0623. The summed E-state index contributed by atoms with van der Waals surface area (Å²) in [6, 6.07) is 1.80. The van der Waals surface area contributed by atoms with Gasteiger partial charge in [-0.25, -0.2) is 4.98 Å². The van der Waals surface area contributed by atoms with Crippen LogP contribution in [0, 0.1) is 23.2 Å². The van der Waals surface area contributed by atoms with Crippen molar-refractivity contribution in [3.63, 3.8) is 0 Å². The fourth-order valence-electron chi connectivity index (χ4n) is 5.48. The van der Waals surface area contributed by atoms with Gasteiger partial charge in [-0.1, -0.05) is 11.6 Å². The molecule has 21 heavy (non-hydrogen) atoms. The Morgan fingerprint density at radius 2 is 1.81 bits per heavy atom. The SMILES string of the molecule is Clc1cc(OCCC23CC4CC(CC(C4)C2)C3)c(Br)cn1. The first-order valence-corrected chi connectivity index (χ1v) is 9.23. The predicted molar refractivity (Wildman–Crippen MR) is 87.7 cm³/mol. The molecule has 0 aromatic carbocycles. The molecule has 4 aliphatic carbocycles. The highest BCUT2D eigenvalue weighted by Gasteiger charge is 2.50. The summed E-state index contributed by atoms with van der Waals surface area (Å²) in [5.74, 6) is 3.86. The van der Waals surface area contributed by atoms with E-state index in [1.54, 1.807) is 12.3 Å². The molecule has 0 spiro atoms. The molecule has 0 aliphatic heterocycles. The molecule has 5 rings (SSSR count). The van der Waals surface area contributed by atoms with E-state index in [1.165, 1.54) is 44.9 Å². The summed E-state index contributed by atoms with van der Waals surface area (Å²) in [6.45, 7) is 0.797. The molecule has 4 saturated carbocycles. The Balaban J connectivity index is 1.40. The Morgan fingerprint density at radius 3 is 2.43 bits per heavy atom. The zero-order valence-electron chi connectivity index (χ0n) is 12.2. The van der Waals surface area contributed by atoms with E-state index in [-0.39, 0.29) is 0 Å². The molecule has 114 valence electrons. The molecule has 0 radical (unpaired) electrons. The first kappa shape index (κ1) is 14.3. The highest BCUT2D eigenvalue weighted by molar-refractivity contribution is 9.10. The van der Waals surface area contributed by atoms with Gasteiger partial charge in [0.2, 0.25) is 0 Å². The van der Waals surface area contributed by atoms with Crippen LogP contribution in [0.4, 0.5) is 0 Å². The molecule has 4 bridgehead atoms. The number of aromatic nitrogens is 1. The van der Waals surface area contributed by atoms with E-state index in [0.29, 0.717) is 10.6 Å². The lowest BCUT2D eigenvalue weighted by Crippen LogP contribution is -2.46. The minimum absolute atomic E-state index is 0.489. The van der Waals surface area contributed by atoms with Crippen LogP contribution in [0.3, 0.4) is 0 Å². The highest BCUT2D eigenvalue weighted by atomic mass is 79.9. The standard InChI is InChI=1S/C17H21BrClNO/c18-14-10-20-16(19)6-15(14)21-2-1-17-7-11-3-12(8-17)5-13(4-11)9-17/h6,10-13H,1-5,7-9H2. The van der Waals surface area contributed by atoms with Crippen LogP contribution >= 0.6 is 27.5 Å². The monoisotopic (exact) mass is 369 g/mol. The smallest absolute Gasteiger partial charge is 0.138 e. The molecule has 0 N–H and O–H groups in total. The zero-order valence-corrected chi connectivity index (χ0v) is 14.5. The van der Waals surface area contributed by atoms with E-state index in [4.69, 9.17) is 16.3 Å². The zero-order chi connectivity index (χ0) is 14.4. The van der Waals surface area contributed by atoms with Gasteiger partial charge in [0.25, 0.3) is 0 Å². The number of ether oxygens (including phenoxy) is 1. The molecular formula is C17H21BrClNO. The molecule has 2 nitrogen and oxygen atoms in total. The van der Waals surface area contributed by atoms with Gasteiger partial charge in [0.05, 0.1) is 11.1 Å². The van der Waals surface area contributed by atoms with Crippen molar-refractivity contribution in [2.45, 2.75) is 44.9 Å². The Bertz CT molecular complexity index is 512. The average molecular weight is 371 g/mol. The van der Waals surface area contributed by atoms with E-state index in [9.17, 15) is 0 Å². The van der Waals surface area contributed by atoms with Gasteiger partial charge in [-0.05, 0) is 84.0 Å². The normalized spacial score (nSPS) is 37.0. The van der Waals surface area contributed by atoms with Gasteiger partial charge in [0.1, 0.15) is 10.9 Å². The highest BCUT2D eigenvalue weighted by Crippen LogP contribution is 2.61. The maximum atomic E-state index is 5.99. The lowest BCUT2D eigenvalue weighted by atomic mass is 9.49. The molecular weight excluding hydrogens is 350 g/mol. The summed E-state index contributed by atoms with van der Waals surface area (Å²) >= 11 is 9.42. The second kappa shape index (κ2) is 5.42. The summed E-state index contributed by atoms with van der Waals surface area (Å²) in [5, 5.41) is 0.489. The van der Waals surface area contributed by atoms with Gasteiger partial charge in [0, 0.05) is 12.3 Å². The van der Waals surface area contributed by atoms with Crippen LogP contribution in [-0.4, -0.2) is 11.6 Å². The largest absolute Gasteiger partial charge is 0.492 e. The molecule has 1 aromatic rings. The maximum absolute atomic E-state index is 5.99. The van der Waals surface area contributed by atoms with Crippen molar-refractivity contribution in [2.75, 3.05) is 6.61 Å². The van der Waals surface area contributed by atoms with Gasteiger partial charge in [-0.2, -0.15) is 0 Å². The molecule has 1 heterocycles. The first-order chi connectivity index (χ1) is 10.1. The molecule has 4 fully saturated rings. The molecule has 1 aromatic heterocycles. The van der Waals surface area contributed by atoms with Gasteiger partial charge in [-0.3, -0.25) is 0 Å². The number of pyridine rings is 1. The Morgan fingerprint density at radius 1 is 1.19 bits per heavy atom. The fourth-order valence-corrected chi connectivity index (χ4v) is 5.96. The molecule has 0 saturated heterocycles. The summed E-state index contributed by atoms with van der Waals surface area (Å²) in [6.07, 6.45) is 11.8. The number of hydrogen-bond donors (Lipinski definition) is 0. The summed E-state index contributed by atoms with van der Waals surface area (Å²) in [5.41, 5.74) is 0.581. The molecule has 0 unspecified atom stereocenters. The van der Waals surface area contributed by atoms with Crippen LogP contribution in [-0.2, 0) is 0 Å². The van der Waals surface area contributed by atoms with E-state index in [2.05, 4.69) is 20.9 Å². The topological polar surface area (TPSA) is 22.1 Å². The van der Waals surface area contributed by atoms with Gasteiger partial charge in [0.15, 0.2) is 0 Å². The van der Waals surface area contributed by atoms with Crippen LogP contribution in [0.2, 0.25) is 5.15 Å². The number of hydrogen-bond acceptors (Lipinski definition) is 2. The summed E-state index contributed by atoms with van der Waals surface area (Å²) < 4.78 is 6.87. The van der Waals surface area contributed by atoms with Crippen molar-refractivity contribution in [1.82, 2.24) is 4.98 Å². The maximum Gasteiger partial charge on any atom is 0.138 e. The fraction of sp³-hybridized carbons (Fsp3) is 0.706. The molecule has 0 atom stereocenters. The van der Waals surface area contributed by atoms with Crippen molar-refractivity contribution in [2.24, 2.45) is 23.2 Å². The van der Waals surface area contributed by atoms with Crippen LogP contribution < -0.4 is 4.74 Å². The number of halogens is 2. The van der Waals surface area contributed by atoms with Gasteiger partial charge in [-0.15, -0.1) is 0 Å². The summed E-state index contributed by atoms with van der Waals surface area (Å²) in [4.78, 5) is 4.04. The molecule has 4 aliphatic rings. The van der Waals surface area contributed by atoms with E-state index >= 15 is 0 Å².